The van der Waals surface area contributed by atoms with Crippen LogP contribution in [0.25, 0.3) is 0 Å². The Morgan fingerprint density at radius 2 is 1.79 bits per heavy atom. The summed E-state index contributed by atoms with van der Waals surface area (Å²) in [6, 6.07) is 8.30. The molecule has 4 rings (SSSR count). The zero-order valence-corrected chi connectivity index (χ0v) is 15.6. The van der Waals surface area contributed by atoms with Gasteiger partial charge in [-0.2, -0.15) is 13.2 Å². The van der Waals surface area contributed by atoms with Crippen LogP contribution in [0.5, 0.6) is 17.2 Å². The zero-order valence-electron chi connectivity index (χ0n) is 15.6. The quantitative estimate of drug-likeness (QED) is 0.709. The van der Waals surface area contributed by atoms with Gasteiger partial charge in [0.05, 0.1) is 23.7 Å². The minimum atomic E-state index is -4.49. The number of benzene rings is 2. The molecule has 0 saturated carbocycles. The van der Waals surface area contributed by atoms with Crippen LogP contribution in [0.15, 0.2) is 36.4 Å². The Morgan fingerprint density at radius 1 is 1.07 bits per heavy atom. The molecule has 0 aliphatic carbocycles. The minimum Gasteiger partial charge on any atom is -0.497 e. The third kappa shape index (κ3) is 2.94. The second-order valence-corrected chi connectivity index (χ2v) is 7.39. The fourth-order valence-electron chi connectivity index (χ4n) is 4.07. The highest BCUT2D eigenvalue weighted by Gasteiger charge is 2.48. The molecule has 2 aromatic carbocycles. The van der Waals surface area contributed by atoms with E-state index in [9.17, 15) is 18.0 Å². The first-order valence-electron chi connectivity index (χ1n) is 9.05. The molecule has 7 heteroatoms. The van der Waals surface area contributed by atoms with Crippen molar-refractivity contribution in [2.45, 2.75) is 24.4 Å². The lowest BCUT2D eigenvalue weighted by Gasteiger charge is -2.39. The standard InChI is InChI=1S/C21H20F3NO3/c1-25-9-7-20(8-10-25)16-11-13(21(22,23)24)3-6-17(16)28-18-12-14(27-2)4-5-15(18)19(20)26/h3-6,11-12H,7-10H2,1-2H3. The second-order valence-electron chi connectivity index (χ2n) is 7.39. The van der Waals surface area contributed by atoms with Crippen molar-refractivity contribution in [3.63, 3.8) is 0 Å². The lowest BCUT2D eigenvalue weighted by atomic mass is 9.68. The second kappa shape index (κ2) is 6.51. The molecule has 0 unspecified atom stereocenters. The highest BCUT2D eigenvalue weighted by atomic mass is 19.4. The third-order valence-corrected chi connectivity index (χ3v) is 5.75. The Morgan fingerprint density at radius 3 is 2.43 bits per heavy atom. The number of hydrogen-bond donors (Lipinski definition) is 0. The summed E-state index contributed by atoms with van der Waals surface area (Å²) in [5, 5.41) is 0. The van der Waals surface area contributed by atoms with Crippen molar-refractivity contribution in [1.29, 1.82) is 0 Å². The summed E-state index contributed by atoms with van der Waals surface area (Å²) < 4.78 is 51.3. The molecule has 2 aliphatic rings. The Balaban J connectivity index is 1.94. The number of rotatable bonds is 1. The fraction of sp³-hybridized carbons (Fsp3) is 0.381. The van der Waals surface area contributed by atoms with Crippen molar-refractivity contribution in [3.8, 4) is 17.2 Å². The Bertz CT molecular complexity index is 931. The van der Waals surface area contributed by atoms with Gasteiger partial charge in [0.1, 0.15) is 17.2 Å². The fourth-order valence-corrected chi connectivity index (χ4v) is 4.07. The molecule has 0 bridgehead atoms. The average Bonchev–Trinajstić information content (AvgIpc) is 2.76. The summed E-state index contributed by atoms with van der Waals surface area (Å²) in [5.41, 5.74) is -1.13. The molecule has 0 aromatic heterocycles. The van der Waals surface area contributed by atoms with Crippen LogP contribution < -0.4 is 9.47 Å². The third-order valence-electron chi connectivity index (χ3n) is 5.75. The number of carbonyl (C=O) groups excluding carboxylic acids is 1. The van der Waals surface area contributed by atoms with Crippen molar-refractivity contribution in [2.24, 2.45) is 0 Å². The Labute approximate surface area is 160 Å². The summed E-state index contributed by atoms with van der Waals surface area (Å²) in [6.45, 7) is 1.24. The number of likely N-dealkylation sites (tertiary alicyclic amines) is 1. The molecule has 28 heavy (non-hydrogen) atoms. The highest BCUT2D eigenvalue weighted by Crippen LogP contribution is 2.49. The molecule has 1 fully saturated rings. The van der Waals surface area contributed by atoms with Crippen LogP contribution in [-0.2, 0) is 11.6 Å². The smallest absolute Gasteiger partial charge is 0.416 e. The largest absolute Gasteiger partial charge is 0.497 e. The maximum Gasteiger partial charge on any atom is 0.416 e. The van der Waals surface area contributed by atoms with E-state index in [0.717, 1.165) is 12.1 Å². The first kappa shape index (κ1) is 18.8. The molecule has 1 spiro atoms. The van der Waals surface area contributed by atoms with Gasteiger partial charge in [-0.1, -0.05) is 0 Å². The van der Waals surface area contributed by atoms with E-state index in [-0.39, 0.29) is 11.5 Å². The topological polar surface area (TPSA) is 38.8 Å². The molecule has 148 valence electrons. The average molecular weight is 391 g/mol. The molecule has 0 amide bonds. The normalized spacial score (nSPS) is 18.8. The highest BCUT2D eigenvalue weighted by molar-refractivity contribution is 6.07. The lowest BCUT2D eigenvalue weighted by molar-refractivity contribution is -0.137. The summed E-state index contributed by atoms with van der Waals surface area (Å²) >= 11 is 0. The van der Waals surface area contributed by atoms with E-state index in [1.807, 2.05) is 7.05 Å². The van der Waals surface area contributed by atoms with Crippen LogP contribution in [0.4, 0.5) is 13.2 Å². The SMILES string of the molecule is COc1ccc2c(c1)Oc1ccc(C(F)(F)F)cc1C1(CCN(C)CC1)C2=O. The Kier molecular flexibility index (Phi) is 4.38. The first-order chi connectivity index (χ1) is 13.2. The predicted octanol–water partition coefficient (Wildman–Crippen LogP) is 4.67. The van der Waals surface area contributed by atoms with Crippen LogP contribution in [0.3, 0.4) is 0 Å². The van der Waals surface area contributed by atoms with E-state index < -0.39 is 17.2 Å². The molecule has 2 aliphatic heterocycles. The van der Waals surface area contributed by atoms with Gasteiger partial charge < -0.3 is 14.4 Å². The Hall–Kier alpha value is -2.54. The number of carbonyl (C=O) groups is 1. The number of methoxy groups -OCH3 is 1. The summed E-state index contributed by atoms with van der Waals surface area (Å²) in [7, 11) is 3.44. The van der Waals surface area contributed by atoms with E-state index in [0.29, 0.717) is 48.6 Å². The molecular weight excluding hydrogens is 371 g/mol. The van der Waals surface area contributed by atoms with Crippen molar-refractivity contribution in [2.75, 3.05) is 27.2 Å². The number of alkyl halides is 3. The van der Waals surface area contributed by atoms with Crippen LogP contribution in [0.2, 0.25) is 0 Å². The minimum absolute atomic E-state index is 0.198. The molecule has 0 radical (unpaired) electrons. The van der Waals surface area contributed by atoms with Gasteiger partial charge in [-0.3, -0.25) is 4.79 Å². The number of ketones is 1. The molecule has 2 aromatic rings. The number of fused-ring (bicyclic) bond motifs is 3. The number of piperidine rings is 1. The maximum absolute atomic E-state index is 13.6. The van der Waals surface area contributed by atoms with Crippen molar-refractivity contribution in [1.82, 2.24) is 4.90 Å². The van der Waals surface area contributed by atoms with Gasteiger partial charge >= 0.3 is 6.18 Å². The molecule has 0 N–H and O–H groups in total. The van der Waals surface area contributed by atoms with Gasteiger partial charge in [-0.25, -0.2) is 0 Å². The molecule has 0 atom stereocenters. The van der Waals surface area contributed by atoms with Crippen molar-refractivity contribution >= 4 is 5.78 Å². The van der Waals surface area contributed by atoms with E-state index in [2.05, 4.69) is 4.90 Å². The van der Waals surface area contributed by atoms with Crippen molar-refractivity contribution in [3.05, 3.63) is 53.1 Å². The van der Waals surface area contributed by atoms with E-state index in [1.54, 1.807) is 18.2 Å². The molecule has 4 nitrogen and oxygen atoms in total. The van der Waals surface area contributed by atoms with E-state index in [4.69, 9.17) is 9.47 Å². The number of hydrogen-bond acceptors (Lipinski definition) is 4. The van der Waals surface area contributed by atoms with E-state index in [1.165, 1.54) is 13.2 Å². The molecule has 1 saturated heterocycles. The predicted molar refractivity (Wildman–Crippen MR) is 97.3 cm³/mol. The zero-order chi connectivity index (χ0) is 20.1. The van der Waals surface area contributed by atoms with Gasteiger partial charge in [0.2, 0.25) is 0 Å². The maximum atomic E-state index is 13.6. The molecule has 2 heterocycles. The van der Waals surface area contributed by atoms with Gasteiger partial charge in [0.15, 0.2) is 5.78 Å². The summed E-state index contributed by atoms with van der Waals surface area (Å²) in [6.07, 6.45) is -3.62. The van der Waals surface area contributed by atoms with Gasteiger partial charge in [-0.05, 0) is 63.3 Å². The van der Waals surface area contributed by atoms with Crippen LogP contribution in [-0.4, -0.2) is 37.9 Å². The van der Waals surface area contributed by atoms with Crippen molar-refractivity contribution < 1.29 is 27.4 Å². The van der Waals surface area contributed by atoms with Crippen LogP contribution in [0.1, 0.15) is 34.3 Å². The monoisotopic (exact) mass is 391 g/mol. The number of Topliss-reactive ketones (excluding diaryl/α,β-unsaturated/α-hetero) is 1. The lowest BCUT2D eigenvalue weighted by Crippen LogP contribution is -2.46. The molecular formula is C21H20F3NO3. The van der Waals surface area contributed by atoms with Gasteiger partial charge in [-0.15, -0.1) is 0 Å². The van der Waals surface area contributed by atoms with Crippen LogP contribution in [0, 0.1) is 0 Å². The van der Waals surface area contributed by atoms with Crippen LogP contribution >= 0.6 is 0 Å². The summed E-state index contributed by atoms with van der Waals surface area (Å²) in [5.74, 6) is 0.912. The van der Waals surface area contributed by atoms with Gasteiger partial charge in [0.25, 0.3) is 0 Å². The number of ether oxygens (including phenoxy) is 2. The first-order valence-corrected chi connectivity index (χ1v) is 9.05. The van der Waals surface area contributed by atoms with E-state index >= 15 is 0 Å². The number of nitrogens with zero attached hydrogens (tertiary/aromatic N) is 1. The van der Waals surface area contributed by atoms with Gasteiger partial charge in [0, 0.05) is 11.6 Å². The number of halogens is 3. The summed E-state index contributed by atoms with van der Waals surface area (Å²) in [4.78, 5) is 15.7.